The van der Waals surface area contributed by atoms with Crippen molar-refractivity contribution in [1.29, 1.82) is 0 Å². The fraction of sp³-hybridized carbons (Fsp3) is 0.417. The highest BCUT2D eigenvalue weighted by atomic mass is 35.5. The Hall–Kier alpha value is -1.06. The lowest BCUT2D eigenvalue weighted by atomic mass is 10.2. The molecule has 1 amide bonds. The van der Waals surface area contributed by atoms with Gasteiger partial charge < -0.3 is 10.1 Å². The van der Waals surface area contributed by atoms with Crippen LogP contribution >= 0.6 is 11.6 Å². The van der Waals surface area contributed by atoms with Crippen LogP contribution in [0.1, 0.15) is 18.4 Å². The summed E-state index contributed by atoms with van der Waals surface area (Å²) >= 11 is 6.02. The van der Waals surface area contributed by atoms with Crippen LogP contribution in [0.2, 0.25) is 5.02 Å². The average Bonchev–Trinajstić information content (AvgIpc) is 2.75. The lowest BCUT2D eigenvalue weighted by Gasteiger charge is -2.11. The van der Waals surface area contributed by atoms with Gasteiger partial charge in [-0.25, -0.2) is 0 Å². The van der Waals surface area contributed by atoms with Crippen molar-refractivity contribution in [2.75, 3.05) is 11.9 Å². The summed E-state index contributed by atoms with van der Waals surface area (Å²) in [7, 11) is 0. The van der Waals surface area contributed by atoms with E-state index >= 15 is 0 Å². The topological polar surface area (TPSA) is 38.3 Å². The molecule has 1 saturated heterocycles. The van der Waals surface area contributed by atoms with E-state index in [-0.39, 0.29) is 12.0 Å². The highest BCUT2D eigenvalue weighted by Gasteiger charge is 2.23. The molecule has 0 saturated carbocycles. The zero-order chi connectivity index (χ0) is 11.5. The second-order valence-electron chi connectivity index (χ2n) is 3.97. The number of aryl methyl sites for hydroxylation is 1. The maximum Gasteiger partial charge on any atom is 0.253 e. The van der Waals surface area contributed by atoms with Crippen LogP contribution in [-0.2, 0) is 9.53 Å². The molecule has 2 rings (SSSR count). The van der Waals surface area contributed by atoms with E-state index in [4.69, 9.17) is 16.3 Å². The van der Waals surface area contributed by atoms with Gasteiger partial charge in [-0.2, -0.15) is 0 Å². The Morgan fingerprint density at radius 1 is 1.56 bits per heavy atom. The summed E-state index contributed by atoms with van der Waals surface area (Å²) in [5.41, 5.74) is 1.72. The standard InChI is InChI=1S/C12H14ClNO2/c1-8-4-5-10(9(13)7-8)14-12(15)11-3-2-6-16-11/h4-5,7,11H,2-3,6H2,1H3,(H,14,15). The highest BCUT2D eigenvalue weighted by Crippen LogP contribution is 2.24. The summed E-state index contributed by atoms with van der Waals surface area (Å²) in [4.78, 5) is 11.8. The third-order valence-electron chi connectivity index (χ3n) is 2.60. The van der Waals surface area contributed by atoms with E-state index in [1.807, 2.05) is 25.1 Å². The summed E-state index contributed by atoms with van der Waals surface area (Å²) in [6.07, 6.45) is 1.41. The molecule has 1 aromatic rings. The van der Waals surface area contributed by atoms with Gasteiger partial charge in [-0.1, -0.05) is 17.7 Å². The van der Waals surface area contributed by atoms with Crippen molar-refractivity contribution < 1.29 is 9.53 Å². The smallest absolute Gasteiger partial charge is 0.253 e. The molecular weight excluding hydrogens is 226 g/mol. The van der Waals surface area contributed by atoms with Gasteiger partial charge >= 0.3 is 0 Å². The molecule has 1 N–H and O–H groups in total. The molecule has 1 aliphatic heterocycles. The average molecular weight is 240 g/mol. The van der Waals surface area contributed by atoms with E-state index in [1.165, 1.54) is 0 Å². The van der Waals surface area contributed by atoms with Crippen molar-refractivity contribution in [3.63, 3.8) is 0 Å². The number of carbonyl (C=O) groups excluding carboxylic acids is 1. The molecule has 1 atom stereocenters. The van der Waals surface area contributed by atoms with Gasteiger partial charge in [0, 0.05) is 6.61 Å². The fourth-order valence-electron chi connectivity index (χ4n) is 1.72. The largest absolute Gasteiger partial charge is 0.368 e. The number of amides is 1. The van der Waals surface area contributed by atoms with Gasteiger partial charge in [-0.05, 0) is 37.5 Å². The Kier molecular flexibility index (Phi) is 3.46. The highest BCUT2D eigenvalue weighted by molar-refractivity contribution is 6.33. The van der Waals surface area contributed by atoms with E-state index in [0.29, 0.717) is 17.3 Å². The van der Waals surface area contributed by atoms with Crippen molar-refractivity contribution in [2.45, 2.75) is 25.9 Å². The SMILES string of the molecule is Cc1ccc(NC(=O)C2CCCO2)c(Cl)c1. The molecule has 0 bridgehead atoms. The molecule has 1 unspecified atom stereocenters. The number of halogens is 1. The zero-order valence-electron chi connectivity index (χ0n) is 9.13. The molecule has 3 nitrogen and oxygen atoms in total. The van der Waals surface area contributed by atoms with E-state index in [1.54, 1.807) is 0 Å². The van der Waals surface area contributed by atoms with Crippen molar-refractivity contribution in [3.05, 3.63) is 28.8 Å². The third-order valence-corrected chi connectivity index (χ3v) is 2.92. The summed E-state index contributed by atoms with van der Waals surface area (Å²) in [5, 5.41) is 3.34. The number of nitrogens with one attached hydrogen (secondary N) is 1. The summed E-state index contributed by atoms with van der Waals surface area (Å²) in [6.45, 7) is 2.62. The van der Waals surface area contributed by atoms with Gasteiger partial charge in [0.15, 0.2) is 0 Å². The number of rotatable bonds is 2. The maximum absolute atomic E-state index is 11.8. The van der Waals surface area contributed by atoms with Crippen LogP contribution in [0.25, 0.3) is 0 Å². The number of hydrogen-bond donors (Lipinski definition) is 1. The fourth-order valence-corrected chi connectivity index (χ4v) is 2.00. The zero-order valence-corrected chi connectivity index (χ0v) is 9.88. The van der Waals surface area contributed by atoms with Gasteiger partial charge in [0.25, 0.3) is 5.91 Å². The summed E-state index contributed by atoms with van der Waals surface area (Å²) in [5.74, 6) is -0.108. The van der Waals surface area contributed by atoms with Crippen LogP contribution in [-0.4, -0.2) is 18.6 Å². The molecule has 1 aromatic carbocycles. The van der Waals surface area contributed by atoms with E-state index in [9.17, 15) is 4.79 Å². The maximum atomic E-state index is 11.8. The normalized spacial score (nSPS) is 19.8. The molecule has 16 heavy (non-hydrogen) atoms. The molecule has 0 spiro atoms. The van der Waals surface area contributed by atoms with Gasteiger partial charge in [0.2, 0.25) is 0 Å². The summed E-state index contributed by atoms with van der Waals surface area (Å²) < 4.78 is 5.30. The van der Waals surface area contributed by atoms with E-state index < -0.39 is 0 Å². The molecule has 1 heterocycles. The van der Waals surface area contributed by atoms with Crippen LogP contribution in [0.5, 0.6) is 0 Å². The quantitative estimate of drug-likeness (QED) is 0.862. The van der Waals surface area contributed by atoms with E-state index in [2.05, 4.69) is 5.32 Å². The Morgan fingerprint density at radius 2 is 2.38 bits per heavy atom. The molecule has 1 aliphatic rings. The lowest BCUT2D eigenvalue weighted by molar-refractivity contribution is -0.124. The first-order chi connectivity index (χ1) is 7.66. The minimum absolute atomic E-state index is 0.108. The first-order valence-corrected chi connectivity index (χ1v) is 5.73. The van der Waals surface area contributed by atoms with Crippen molar-refractivity contribution in [3.8, 4) is 0 Å². The van der Waals surface area contributed by atoms with Crippen molar-refractivity contribution in [2.24, 2.45) is 0 Å². The lowest BCUT2D eigenvalue weighted by Crippen LogP contribution is -2.26. The number of anilines is 1. The Bertz CT molecular complexity index is 400. The molecule has 0 radical (unpaired) electrons. The van der Waals surface area contributed by atoms with Crippen molar-refractivity contribution in [1.82, 2.24) is 0 Å². The molecule has 1 fully saturated rings. The third kappa shape index (κ3) is 2.54. The number of ether oxygens (including phenoxy) is 1. The van der Waals surface area contributed by atoms with Crippen LogP contribution in [0, 0.1) is 6.92 Å². The Labute approximate surface area is 99.7 Å². The second kappa shape index (κ2) is 4.85. The first-order valence-electron chi connectivity index (χ1n) is 5.35. The van der Waals surface area contributed by atoms with Gasteiger partial charge in [-0.15, -0.1) is 0 Å². The molecule has 4 heteroatoms. The molecule has 86 valence electrons. The minimum Gasteiger partial charge on any atom is -0.368 e. The Morgan fingerprint density at radius 3 is 3.00 bits per heavy atom. The monoisotopic (exact) mass is 239 g/mol. The van der Waals surface area contributed by atoms with Crippen molar-refractivity contribution >= 4 is 23.2 Å². The first kappa shape index (κ1) is 11.4. The minimum atomic E-state index is -0.322. The summed E-state index contributed by atoms with van der Waals surface area (Å²) in [6, 6.07) is 5.55. The second-order valence-corrected chi connectivity index (χ2v) is 4.38. The van der Waals surface area contributed by atoms with Gasteiger partial charge in [0.05, 0.1) is 10.7 Å². The predicted molar refractivity (Wildman–Crippen MR) is 63.8 cm³/mol. The van der Waals surface area contributed by atoms with Crippen LogP contribution < -0.4 is 5.32 Å². The van der Waals surface area contributed by atoms with Crippen LogP contribution in [0.3, 0.4) is 0 Å². The Balaban J connectivity index is 2.05. The predicted octanol–water partition coefficient (Wildman–Crippen LogP) is 2.77. The van der Waals surface area contributed by atoms with Gasteiger partial charge in [-0.3, -0.25) is 4.79 Å². The van der Waals surface area contributed by atoms with Gasteiger partial charge in [0.1, 0.15) is 6.10 Å². The number of benzene rings is 1. The number of carbonyl (C=O) groups is 1. The van der Waals surface area contributed by atoms with Crippen LogP contribution in [0.15, 0.2) is 18.2 Å². The van der Waals surface area contributed by atoms with E-state index in [0.717, 1.165) is 18.4 Å². The molecular formula is C12H14ClNO2. The molecule has 0 aromatic heterocycles. The van der Waals surface area contributed by atoms with Crippen LogP contribution in [0.4, 0.5) is 5.69 Å². The molecule has 0 aliphatic carbocycles. The number of hydrogen-bond acceptors (Lipinski definition) is 2.